The topological polar surface area (TPSA) is 12.4 Å². The highest BCUT2D eigenvalue weighted by Gasteiger charge is 1.88. The monoisotopic (exact) mass is 151 g/mol. The summed E-state index contributed by atoms with van der Waals surface area (Å²) in [7, 11) is 0. The van der Waals surface area contributed by atoms with Gasteiger partial charge in [0.25, 0.3) is 0 Å². The van der Waals surface area contributed by atoms with E-state index in [1.54, 1.807) is 0 Å². The standard InChI is InChI=1S/C8H11N.C2H6/c1-2-8-6-4-3-5-7-9-8;1-2/h4-7H,2-3H2,1H3;1-2H3. The first kappa shape index (κ1) is 10.2. The van der Waals surface area contributed by atoms with Gasteiger partial charge in [0, 0.05) is 11.9 Å². The first-order valence-corrected chi connectivity index (χ1v) is 4.31. The Bertz CT molecular complexity index is 164. The van der Waals surface area contributed by atoms with Gasteiger partial charge in [-0.25, -0.2) is 0 Å². The van der Waals surface area contributed by atoms with E-state index in [0.717, 1.165) is 12.8 Å². The van der Waals surface area contributed by atoms with Crippen molar-refractivity contribution in [1.82, 2.24) is 0 Å². The Hall–Kier alpha value is -0.850. The highest BCUT2D eigenvalue weighted by atomic mass is 14.7. The number of aliphatic imine (C=N–C) groups is 1. The molecule has 0 spiro atoms. The third-order valence-electron chi connectivity index (χ3n) is 1.29. The third-order valence-corrected chi connectivity index (χ3v) is 1.29. The molecule has 1 aliphatic heterocycles. The average molecular weight is 151 g/mol. The first-order chi connectivity index (χ1) is 5.43. The molecule has 0 unspecified atom stereocenters. The number of rotatable bonds is 1. The SMILES string of the molecule is CC.CCC1=NC=CCC=C1. The predicted octanol–water partition coefficient (Wildman–Crippen LogP) is 3.34. The van der Waals surface area contributed by atoms with E-state index in [-0.39, 0.29) is 0 Å². The molecule has 0 aromatic heterocycles. The lowest BCUT2D eigenvalue weighted by molar-refractivity contribution is 1.28. The molecule has 0 fully saturated rings. The smallest absolute Gasteiger partial charge is 0.0397 e. The van der Waals surface area contributed by atoms with E-state index >= 15 is 0 Å². The number of allylic oxidation sites excluding steroid dienone is 3. The van der Waals surface area contributed by atoms with Gasteiger partial charge in [0.2, 0.25) is 0 Å². The van der Waals surface area contributed by atoms with E-state index in [4.69, 9.17) is 0 Å². The van der Waals surface area contributed by atoms with Crippen LogP contribution in [0.5, 0.6) is 0 Å². The molecule has 1 heterocycles. The van der Waals surface area contributed by atoms with Gasteiger partial charge in [-0.2, -0.15) is 0 Å². The number of hydrogen-bond donors (Lipinski definition) is 0. The van der Waals surface area contributed by atoms with Gasteiger partial charge in [0.1, 0.15) is 0 Å². The van der Waals surface area contributed by atoms with Crippen LogP contribution in [0.25, 0.3) is 0 Å². The van der Waals surface area contributed by atoms with Crippen LogP contribution in [-0.4, -0.2) is 5.71 Å². The second-order valence-corrected chi connectivity index (χ2v) is 2.00. The quantitative estimate of drug-likeness (QED) is 0.545. The third kappa shape index (κ3) is 4.54. The fraction of sp³-hybridized carbons (Fsp3) is 0.500. The molecule has 0 aliphatic carbocycles. The van der Waals surface area contributed by atoms with Crippen molar-refractivity contribution in [2.24, 2.45) is 4.99 Å². The molecule has 0 atom stereocenters. The Morgan fingerprint density at radius 2 is 2.09 bits per heavy atom. The van der Waals surface area contributed by atoms with Crippen molar-refractivity contribution in [3.63, 3.8) is 0 Å². The molecule has 1 nitrogen and oxygen atoms in total. The van der Waals surface area contributed by atoms with Crippen molar-refractivity contribution in [2.45, 2.75) is 33.6 Å². The summed E-state index contributed by atoms with van der Waals surface area (Å²) < 4.78 is 0. The van der Waals surface area contributed by atoms with Gasteiger partial charge >= 0.3 is 0 Å². The van der Waals surface area contributed by atoms with Crippen molar-refractivity contribution in [2.75, 3.05) is 0 Å². The van der Waals surface area contributed by atoms with Crippen LogP contribution in [0.3, 0.4) is 0 Å². The summed E-state index contributed by atoms with van der Waals surface area (Å²) in [5.41, 5.74) is 1.17. The van der Waals surface area contributed by atoms with Gasteiger partial charge in [-0.05, 0) is 18.9 Å². The minimum absolute atomic E-state index is 1.02. The first-order valence-electron chi connectivity index (χ1n) is 4.31. The van der Waals surface area contributed by atoms with E-state index in [0.29, 0.717) is 0 Å². The molecule has 0 aromatic rings. The van der Waals surface area contributed by atoms with Gasteiger partial charge in [-0.3, -0.25) is 4.99 Å². The zero-order valence-electron chi connectivity index (χ0n) is 7.67. The van der Waals surface area contributed by atoms with E-state index in [1.807, 2.05) is 20.0 Å². The van der Waals surface area contributed by atoms with E-state index in [1.165, 1.54) is 5.71 Å². The Kier molecular flexibility index (Phi) is 6.70. The lowest BCUT2D eigenvalue weighted by Crippen LogP contribution is -1.86. The Morgan fingerprint density at radius 3 is 2.73 bits per heavy atom. The molecule has 1 heteroatoms. The van der Waals surface area contributed by atoms with Crippen LogP contribution >= 0.6 is 0 Å². The summed E-state index contributed by atoms with van der Waals surface area (Å²) in [6.45, 7) is 6.11. The van der Waals surface area contributed by atoms with Gasteiger partial charge in [0.05, 0.1) is 0 Å². The summed E-state index contributed by atoms with van der Waals surface area (Å²) in [6, 6.07) is 0. The van der Waals surface area contributed by atoms with E-state index < -0.39 is 0 Å². The number of nitrogens with zero attached hydrogens (tertiary/aromatic N) is 1. The molecular formula is C10H17N. The maximum atomic E-state index is 4.19. The van der Waals surface area contributed by atoms with E-state index in [9.17, 15) is 0 Å². The van der Waals surface area contributed by atoms with Gasteiger partial charge in [-0.15, -0.1) is 0 Å². The molecule has 11 heavy (non-hydrogen) atoms. The van der Waals surface area contributed by atoms with Crippen LogP contribution in [0.2, 0.25) is 0 Å². The maximum Gasteiger partial charge on any atom is 0.0397 e. The molecule has 0 amide bonds. The van der Waals surface area contributed by atoms with Gasteiger partial charge < -0.3 is 0 Å². The van der Waals surface area contributed by atoms with Crippen LogP contribution in [-0.2, 0) is 0 Å². The van der Waals surface area contributed by atoms with Crippen molar-refractivity contribution >= 4 is 5.71 Å². The van der Waals surface area contributed by atoms with Gasteiger partial charge in [0.15, 0.2) is 0 Å². The highest BCUT2D eigenvalue weighted by Crippen LogP contribution is 1.97. The minimum Gasteiger partial charge on any atom is -0.262 e. The Balaban J connectivity index is 0.000000461. The van der Waals surface area contributed by atoms with Crippen LogP contribution < -0.4 is 0 Å². The van der Waals surface area contributed by atoms with Crippen LogP contribution in [0.15, 0.2) is 29.4 Å². The van der Waals surface area contributed by atoms with Crippen LogP contribution in [0.4, 0.5) is 0 Å². The fourth-order valence-electron chi connectivity index (χ4n) is 0.744. The van der Waals surface area contributed by atoms with Crippen molar-refractivity contribution in [1.29, 1.82) is 0 Å². The molecule has 1 rings (SSSR count). The summed E-state index contributed by atoms with van der Waals surface area (Å²) in [5.74, 6) is 0. The normalized spacial score (nSPS) is 14.6. The van der Waals surface area contributed by atoms with Crippen molar-refractivity contribution in [3.8, 4) is 0 Å². The molecule has 0 saturated carbocycles. The van der Waals surface area contributed by atoms with Crippen LogP contribution in [0.1, 0.15) is 33.6 Å². The summed E-state index contributed by atoms with van der Waals surface area (Å²) >= 11 is 0. The molecule has 0 saturated heterocycles. The zero-order chi connectivity index (χ0) is 8.53. The molecule has 0 radical (unpaired) electrons. The van der Waals surface area contributed by atoms with Crippen molar-refractivity contribution < 1.29 is 0 Å². The molecule has 0 N–H and O–H groups in total. The molecule has 62 valence electrons. The average Bonchev–Trinajstić information content (AvgIpc) is 2.35. The van der Waals surface area contributed by atoms with Crippen molar-refractivity contribution in [3.05, 3.63) is 24.4 Å². The fourth-order valence-corrected chi connectivity index (χ4v) is 0.744. The Labute approximate surface area is 69.5 Å². The molecule has 1 aliphatic rings. The lowest BCUT2D eigenvalue weighted by atomic mass is 10.2. The largest absolute Gasteiger partial charge is 0.262 e. The lowest BCUT2D eigenvalue weighted by Gasteiger charge is -1.88. The second-order valence-electron chi connectivity index (χ2n) is 2.00. The second kappa shape index (κ2) is 7.26. The zero-order valence-corrected chi connectivity index (χ0v) is 7.67. The summed E-state index contributed by atoms with van der Waals surface area (Å²) in [4.78, 5) is 4.19. The number of hydrogen-bond acceptors (Lipinski definition) is 1. The Morgan fingerprint density at radius 1 is 1.36 bits per heavy atom. The highest BCUT2D eigenvalue weighted by molar-refractivity contribution is 5.95. The van der Waals surface area contributed by atoms with Crippen LogP contribution in [0, 0.1) is 0 Å². The van der Waals surface area contributed by atoms with Gasteiger partial charge in [-0.1, -0.05) is 32.9 Å². The van der Waals surface area contributed by atoms with E-state index in [2.05, 4.69) is 30.1 Å². The summed E-state index contributed by atoms with van der Waals surface area (Å²) in [5, 5.41) is 0. The summed E-state index contributed by atoms with van der Waals surface area (Å²) in [6.07, 6.45) is 10.2. The molecular weight excluding hydrogens is 134 g/mol. The minimum atomic E-state index is 1.02. The molecule has 0 bridgehead atoms. The maximum absolute atomic E-state index is 4.19. The predicted molar refractivity (Wildman–Crippen MR) is 52.0 cm³/mol. The molecule has 0 aromatic carbocycles.